The van der Waals surface area contributed by atoms with Gasteiger partial charge in [-0.2, -0.15) is 0 Å². The molecule has 21 heavy (non-hydrogen) atoms. The highest BCUT2D eigenvalue weighted by Gasteiger charge is 2.39. The van der Waals surface area contributed by atoms with Crippen LogP contribution < -0.4 is 5.73 Å². The van der Waals surface area contributed by atoms with Gasteiger partial charge in [0.1, 0.15) is 11.3 Å². The first-order valence-electron chi connectivity index (χ1n) is 7.67. The SMILES string of the molecule is CN1C2CCC1CC(c1cc3cc(C(N)=O)ccc3o1)C2. The molecule has 2 fully saturated rings. The number of fused-ring (bicyclic) bond motifs is 3. The van der Waals surface area contributed by atoms with Crippen molar-refractivity contribution in [2.45, 2.75) is 43.7 Å². The zero-order valence-corrected chi connectivity index (χ0v) is 12.2. The Morgan fingerprint density at radius 1 is 1.24 bits per heavy atom. The molecule has 2 aromatic rings. The highest BCUT2D eigenvalue weighted by atomic mass is 16.3. The third kappa shape index (κ3) is 2.05. The maximum absolute atomic E-state index is 11.3. The highest BCUT2D eigenvalue weighted by Crippen LogP contribution is 2.43. The van der Waals surface area contributed by atoms with Gasteiger partial charge in [-0.15, -0.1) is 0 Å². The van der Waals surface area contributed by atoms with Crippen molar-refractivity contribution < 1.29 is 9.21 Å². The van der Waals surface area contributed by atoms with Crippen LogP contribution in [0.5, 0.6) is 0 Å². The largest absolute Gasteiger partial charge is 0.461 e. The van der Waals surface area contributed by atoms with Crippen LogP contribution in [-0.2, 0) is 0 Å². The van der Waals surface area contributed by atoms with Crippen molar-refractivity contribution >= 4 is 16.9 Å². The number of hydrogen-bond acceptors (Lipinski definition) is 3. The standard InChI is InChI=1S/C17H20N2O2/c1-19-13-3-4-14(19)8-12(7-13)16-9-11-6-10(17(18)20)2-5-15(11)21-16/h2,5-6,9,12-14H,3-4,7-8H2,1H3,(H2,18,20). The summed E-state index contributed by atoms with van der Waals surface area (Å²) in [5.41, 5.74) is 6.73. The van der Waals surface area contributed by atoms with E-state index in [4.69, 9.17) is 10.2 Å². The molecule has 0 radical (unpaired) electrons. The van der Waals surface area contributed by atoms with Crippen molar-refractivity contribution in [1.82, 2.24) is 4.90 Å². The fraction of sp³-hybridized carbons (Fsp3) is 0.471. The lowest BCUT2D eigenvalue weighted by Crippen LogP contribution is -2.38. The molecule has 110 valence electrons. The zero-order valence-electron chi connectivity index (χ0n) is 12.2. The molecule has 2 unspecified atom stereocenters. The fourth-order valence-corrected chi connectivity index (χ4v) is 4.06. The maximum Gasteiger partial charge on any atom is 0.248 e. The topological polar surface area (TPSA) is 59.5 Å². The summed E-state index contributed by atoms with van der Waals surface area (Å²) in [7, 11) is 2.25. The van der Waals surface area contributed by atoms with E-state index in [0.717, 1.165) is 16.7 Å². The minimum absolute atomic E-state index is 0.392. The van der Waals surface area contributed by atoms with Gasteiger partial charge in [0.25, 0.3) is 0 Å². The first-order chi connectivity index (χ1) is 10.1. The number of furan rings is 1. The lowest BCUT2D eigenvalue weighted by molar-refractivity contribution is 0.100. The smallest absolute Gasteiger partial charge is 0.248 e. The third-order valence-corrected chi connectivity index (χ3v) is 5.32. The van der Waals surface area contributed by atoms with Gasteiger partial charge in [0.15, 0.2) is 0 Å². The molecular weight excluding hydrogens is 264 g/mol. The van der Waals surface area contributed by atoms with Gasteiger partial charge in [0.05, 0.1) is 0 Å². The van der Waals surface area contributed by atoms with Gasteiger partial charge in [-0.3, -0.25) is 4.79 Å². The number of rotatable bonds is 2. The normalized spacial score (nSPS) is 29.1. The Labute approximate surface area is 123 Å². The molecule has 0 aliphatic carbocycles. The van der Waals surface area contributed by atoms with Crippen LogP contribution in [0.15, 0.2) is 28.7 Å². The van der Waals surface area contributed by atoms with Crippen molar-refractivity contribution in [3.05, 3.63) is 35.6 Å². The van der Waals surface area contributed by atoms with Crippen LogP contribution in [0.4, 0.5) is 0 Å². The Bertz CT molecular complexity index is 692. The lowest BCUT2D eigenvalue weighted by Gasteiger charge is -2.35. The quantitative estimate of drug-likeness (QED) is 0.922. The summed E-state index contributed by atoms with van der Waals surface area (Å²) in [6, 6.07) is 8.90. The predicted octanol–water partition coefficient (Wildman–Crippen LogP) is 2.87. The minimum atomic E-state index is -0.392. The van der Waals surface area contributed by atoms with E-state index in [1.807, 2.05) is 12.1 Å². The molecule has 4 nitrogen and oxygen atoms in total. The predicted molar refractivity (Wildman–Crippen MR) is 81.3 cm³/mol. The first kappa shape index (κ1) is 12.9. The van der Waals surface area contributed by atoms with Crippen LogP contribution in [0.2, 0.25) is 0 Å². The van der Waals surface area contributed by atoms with E-state index in [9.17, 15) is 4.79 Å². The summed E-state index contributed by atoms with van der Waals surface area (Å²) >= 11 is 0. The van der Waals surface area contributed by atoms with Gasteiger partial charge in [-0.1, -0.05) is 0 Å². The monoisotopic (exact) mass is 284 g/mol. The van der Waals surface area contributed by atoms with Crippen molar-refractivity contribution in [2.75, 3.05) is 7.05 Å². The molecule has 2 aliphatic heterocycles. The summed E-state index contributed by atoms with van der Waals surface area (Å²) in [4.78, 5) is 13.8. The number of benzene rings is 1. The number of hydrogen-bond donors (Lipinski definition) is 1. The van der Waals surface area contributed by atoms with E-state index in [2.05, 4.69) is 18.0 Å². The molecular formula is C17H20N2O2. The van der Waals surface area contributed by atoms with Gasteiger partial charge in [-0.25, -0.2) is 0 Å². The van der Waals surface area contributed by atoms with Crippen LogP contribution in [-0.4, -0.2) is 29.9 Å². The second-order valence-electron chi connectivity index (χ2n) is 6.48. The third-order valence-electron chi connectivity index (χ3n) is 5.32. The van der Waals surface area contributed by atoms with Gasteiger partial charge in [0.2, 0.25) is 5.91 Å². The van der Waals surface area contributed by atoms with Crippen LogP contribution in [0.25, 0.3) is 11.0 Å². The Morgan fingerprint density at radius 3 is 2.62 bits per heavy atom. The van der Waals surface area contributed by atoms with Crippen LogP contribution in [0.1, 0.15) is 47.7 Å². The molecule has 0 saturated carbocycles. The van der Waals surface area contributed by atoms with E-state index >= 15 is 0 Å². The lowest BCUT2D eigenvalue weighted by atomic mass is 9.89. The Hall–Kier alpha value is -1.81. The molecule has 3 heterocycles. The van der Waals surface area contributed by atoms with Crippen molar-refractivity contribution in [2.24, 2.45) is 5.73 Å². The molecule has 4 rings (SSSR count). The number of primary amides is 1. The number of carbonyl (C=O) groups excluding carboxylic acids is 1. The number of nitrogens with two attached hydrogens (primary N) is 1. The summed E-state index contributed by atoms with van der Waals surface area (Å²) in [5.74, 6) is 1.18. The number of nitrogens with zero attached hydrogens (tertiary/aromatic N) is 1. The molecule has 1 aromatic heterocycles. The molecule has 2 N–H and O–H groups in total. The Balaban J connectivity index is 1.66. The molecule has 0 spiro atoms. The Morgan fingerprint density at radius 2 is 1.95 bits per heavy atom. The van der Waals surface area contributed by atoms with Crippen molar-refractivity contribution in [3.8, 4) is 0 Å². The minimum Gasteiger partial charge on any atom is -0.461 e. The zero-order chi connectivity index (χ0) is 14.6. The summed E-state index contributed by atoms with van der Waals surface area (Å²) in [5, 5.41) is 0.979. The molecule has 2 aliphatic rings. The van der Waals surface area contributed by atoms with Gasteiger partial charge >= 0.3 is 0 Å². The van der Waals surface area contributed by atoms with Gasteiger partial charge in [0, 0.05) is 29.0 Å². The molecule has 2 atom stereocenters. The number of piperidine rings is 1. The molecule has 1 aromatic carbocycles. The van der Waals surface area contributed by atoms with Crippen LogP contribution in [0.3, 0.4) is 0 Å². The second kappa shape index (κ2) is 4.60. The van der Waals surface area contributed by atoms with Crippen molar-refractivity contribution in [1.29, 1.82) is 0 Å². The summed E-state index contributed by atoms with van der Waals surface area (Å²) < 4.78 is 6.03. The number of carbonyl (C=O) groups is 1. The van der Waals surface area contributed by atoms with Gasteiger partial charge < -0.3 is 15.1 Å². The molecule has 2 saturated heterocycles. The fourth-order valence-electron chi connectivity index (χ4n) is 4.06. The van der Waals surface area contributed by atoms with E-state index in [-0.39, 0.29) is 0 Å². The van der Waals surface area contributed by atoms with Gasteiger partial charge in [-0.05, 0) is 57.0 Å². The second-order valence-corrected chi connectivity index (χ2v) is 6.48. The van der Waals surface area contributed by atoms with E-state index in [1.165, 1.54) is 25.7 Å². The average molecular weight is 284 g/mol. The van der Waals surface area contributed by atoms with Crippen LogP contribution in [0, 0.1) is 0 Å². The van der Waals surface area contributed by atoms with Crippen LogP contribution >= 0.6 is 0 Å². The summed E-state index contributed by atoms with van der Waals surface area (Å²) in [6.45, 7) is 0. The Kier molecular flexibility index (Phi) is 2.82. The van der Waals surface area contributed by atoms with E-state index in [1.54, 1.807) is 6.07 Å². The number of amides is 1. The van der Waals surface area contributed by atoms with E-state index < -0.39 is 5.91 Å². The molecule has 1 amide bonds. The van der Waals surface area contributed by atoms with E-state index in [0.29, 0.717) is 23.6 Å². The molecule has 2 bridgehead atoms. The maximum atomic E-state index is 11.3. The average Bonchev–Trinajstić information content (AvgIpc) is 2.95. The highest BCUT2D eigenvalue weighted by molar-refractivity contribution is 5.96. The summed E-state index contributed by atoms with van der Waals surface area (Å²) in [6.07, 6.45) is 4.97. The first-order valence-corrected chi connectivity index (χ1v) is 7.67. The van der Waals surface area contributed by atoms with Crippen molar-refractivity contribution in [3.63, 3.8) is 0 Å². The molecule has 4 heteroatoms.